The van der Waals surface area contributed by atoms with Gasteiger partial charge in [0.2, 0.25) is 5.91 Å². The first kappa shape index (κ1) is 17.4. The lowest BCUT2D eigenvalue weighted by Crippen LogP contribution is -2.50. The van der Waals surface area contributed by atoms with Gasteiger partial charge in [-0.25, -0.2) is 0 Å². The largest absolute Gasteiger partial charge is 0.353 e. The van der Waals surface area contributed by atoms with Gasteiger partial charge >= 0.3 is 0 Å². The molecular formula is C13H27N3O3S. The lowest BCUT2D eigenvalue weighted by molar-refractivity contribution is -0.126. The van der Waals surface area contributed by atoms with Crippen molar-refractivity contribution in [3.05, 3.63) is 0 Å². The Morgan fingerprint density at radius 3 is 2.45 bits per heavy atom. The molecule has 118 valence electrons. The predicted octanol–water partition coefficient (Wildman–Crippen LogP) is 0.810. The van der Waals surface area contributed by atoms with Gasteiger partial charge in [0.05, 0.1) is 5.92 Å². The van der Waals surface area contributed by atoms with Gasteiger partial charge in [0.15, 0.2) is 0 Å². The molecule has 6 nitrogen and oxygen atoms in total. The van der Waals surface area contributed by atoms with E-state index in [9.17, 15) is 13.2 Å². The van der Waals surface area contributed by atoms with Crippen LogP contribution in [0.2, 0.25) is 0 Å². The molecule has 1 saturated heterocycles. The molecule has 1 heterocycles. The summed E-state index contributed by atoms with van der Waals surface area (Å²) >= 11 is 0. The lowest BCUT2D eigenvalue weighted by Gasteiger charge is -2.33. The quantitative estimate of drug-likeness (QED) is 0.789. The third kappa shape index (κ3) is 4.17. The molecule has 0 aromatic rings. The maximum atomic E-state index is 12.2. The monoisotopic (exact) mass is 305 g/mol. The van der Waals surface area contributed by atoms with E-state index >= 15 is 0 Å². The number of nitrogens with zero attached hydrogens (tertiary/aromatic N) is 2. The topological polar surface area (TPSA) is 69.7 Å². The zero-order valence-corrected chi connectivity index (χ0v) is 13.7. The van der Waals surface area contributed by atoms with Gasteiger partial charge in [0.25, 0.3) is 10.2 Å². The molecular weight excluding hydrogens is 278 g/mol. The fourth-order valence-electron chi connectivity index (χ4n) is 2.41. The summed E-state index contributed by atoms with van der Waals surface area (Å²) in [7, 11) is -0.385. The second kappa shape index (κ2) is 7.38. The minimum absolute atomic E-state index is 0.0163. The van der Waals surface area contributed by atoms with Crippen molar-refractivity contribution in [2.75, 3.05) is 27.2 Å². The third-order valence-corrected chi connectivity index (χ3v) is 5.78. The first-order valence-electron chi connectivity index (χ1n) is 7.30. The van der Waals surface area contributed by atoms with Crippen molar-refractivity contribution in [2.45, 2.75) is 45.6 Å². The summed E-state index contributed by atoms with van der Waals surface area (Å²) in [5, 5.41) is 3.01. The fraction of sp³-hybridized carbons (Fsp3) is 0.923. The SMILES string of the molecule is CCC(CC)NC(=O)C1CCCN(S(=O)(=O)N(C)C)C1. The Balaban J connectivity index is 2.68. The third-order valence-electron chi connectivity index (χ3n) is 3.87. The average molecular weight is 305 g/mol. The summed E-state index contributed by atoms with van der Waals surface area (Å²) in [5.41, 5.74) is 0. The van der Waals surface area contributed by atoms with E-state index in [1.165, 1.54) is 22.7 Å². The van der Waals surface area contributed by atoms with E-state index < -0.39 is 10.2 Å². The first-order valence-corrected chi connectivity index (χ1v) is 8.70. The van der Waals surface area contributed by atoms with Crippen LogP contribution in [0.3, 0.4) is 0 Å². The fourth-order valence-corrected chi connectivity index (χ4v) is 3.60. The van der Waals surface area contributed by atoms with Gasteiger partial charge < -0.3 is 5.32 Å². The number of carbonyl (C=O) groups excluding carboxylic acids is 1. The summed E-state index contributed by atoms with van der Waals surface area (Å²) in [5.74, 6) is -0.253. The van der Waals surface area contributed by atoms with Gasteiger partial charge in [-0.05, 0) is 25.7 Å². The Labute approximate surface area is 122 Å². The van der Waals surface area contributed by atoms with Crippen LogP contribution >= 0.6 is 0 Å². The molecule has 7 heteroatoms. The van der Waals surface area contributed by atoms with Crippen molar-refractivity contribution in [3.63, 3.8) is 0 Å². The van der Waals surface area contributed by atoms with Gasteiger partial charge in [0, 0.05) is 33.2 Å². The summed E-state index contributed by atoms with van der Waals surface area (Å²) < 4.78 is 26.8. The molecule has 0 aromatic carbocycles. The highest BCUT2D eigenvalue weighted by Crippen LogP contribution is 2.20. The molecule has 1 fully saturated rings. The zero-order valence-electron chi connectivity index (χ0n) is 12.9. The molecule has 1 aliphatic rings. The Kier molecular flexibility index (Phi) is 6.42. The van der Waals surface area contributed by atoms with Gasteiger partial charge in [-0.1, -0.05) is 13.8 Å². The van der Waals surface area contributed by atoms with Crippen LogP contribution in [0.15, 0.2) is 0 Å². The maximum Gasteiger partial charge on any atom is 0.281 e. The van der Waals surface area contributed by atoms with Crippen LogP contribution < -0.4 is 5.32 Å². The van der Waals surface area contributed by atoms with E-state index in [4.69, 9.17) is 0 Å². The smallest absolute Gasteiger partial charge is 0.281 e. The molecule has 1 unspecified atom stereocenters. The van der Waals surface area contributed by atoms with Crippen LogP contribution in [0.1, 0.15) is 39.5 Å². The number of carbonyl (C=O) groups is 1. The zero-order chi connectivity index (χ0) is 15.3. The predicted molar refractivity (Wildman–Crippen MR) is 79.4 cm³/mol. The van der Waals surface area contributed by atoms with E-state index in [1.807, 2.05) is 13.8 Å². The minimum Gasteiger partial charge on any atom is -0.353 e. The van der Waals surface area contributed by atoms with Crippen molar-refractivity contribution >= 4 is 16.1 Å². The molecule has 1 aliphatic heterocycles. The molecule has 1 amide bonds. The van der Waals surface area contributed by atoms with Crippen molar-refractivity contribution in [2.24, 2.45) is 5.92 Å². The molecule has 0 spiro atoms. The van der Waals surface area contributed by atoms with E-state index in [-0.39, 0.29) is 24.4 Å². The second-order valence-electron chi connectivity index (χ2n) is 5.51. The number of hydrogen-bond acceptors (Lipinski definition) is 3. The van der Waals surface area contributed by atoms with E-state index in [0.29, 0.717) is 6.54 Å². The molecule has 0 radical (unpaired) electrons. The van der Waals surface area contributed by atoms with Crippen LogP contribution in [0.5, 0.6) is 0 Å². The highest BCUT2D eigenvalue weighted by molar-refractivity contribution is 7.86. The van der Waals surface area contributed by atoms with Crippen LogP contribution in [0.25, 0.3) is 0 Å². The average Bonchev–Trinajstić information content (AvgIpc) is 2.44. The first-order chi connectivity index (χ1) is 9.32. The maximum absolute atomic E-state index is 12.2. The van der Waals surface area contributed by atoms with Crippen LogP contribution in [0.4, 0.5) is 0 Å². The molecule has 1 atom stereocenters. The molecule has 0 saturated carbocycles. The number of rotatable bonds is 6. The van der Waals surface area contributed by atoms with Crippen molar-refractivity contribution in [1.82, 2.24) is 13.9 Å². The summed E-state index contributed by atoms with van der Waals surface area (Å²) in [6, 6.07) is 0.184. The van der Waals surface area contributed by atoms with Gasteiger partial charge in [-0.2, -0.15) is 17.0 Å². The number of nitrogens with one attached hydrogen (secondary N) is 1. The molecule has 0 aromatic heterocycles. The van der Waals surface area contributed by atoms with Crippen LogP contribution in [-0.4, -0.2) is 56.2 Å². The van der Waals surface area contributed by atoms with Crippen molar-refractivity contribution < 1.29 is 13.2 Å². The van der Waals surface area contributed by atoms with Gasteiger partial charge in [-0.15, -0.1) is 0 Å². The summed E-state index contributed by atoms with van der Waals surface area (Å²) in [6.45, 7) is 4.86. The van der Waals surface area contributed by atoms with Gasteiger partial charge in [-0.3, -0.25) is 4.79 Å². The normalized spacial score (nSPS) is 21.4. The highest BCUT2D eigenvalue weighted by atomic mass is 32.2. The number of piperidine rings is 1. The number of hydrogen-bond donors (Lipinski definition) is 1. The number of amides is 1. The Morgan fingerprint density at radius 2 is 1.95 bits per heavy atom. The molecule has 0 bridgehead atoms. The Hall–Kier alpha value is -0.660. The van der Waals surface area contributed by atoms with E-state index in [1.54, 1.807) is 0 Å². The second-order valence-corrected chi connectivity index (χ2v) is 7.65. The summed E-state index contributed by atoms with van der Waals surface area (Å²) in [4.78, 5) is 12.2. The van der Waals surface area contributed by atoms with E-state index in [2.05, 4.69) is 5.32 Å². The van der Waals surface area contributed by atoms with E-state index in [0.717, 1.165) is 25.7 Å². The van der Waals surface area contributed by atoms with Crippen LogP contribution in [-0.2, 0) is 15.0 Å². The Morgan fingerprint density at radius 1 is 1.35 bits per heavy atom. The molecule has 1 N–H and O–H groups in total. The Bertz CT molecular complexity index is 419. The molecule has 0 aliphatic carbocycles. The molecule has 1 rings (SSSR count). The van der Waals surface area contributed by atoms with Crippen molar-refractivity contribution in [3.8, 4) is 0 Å². The standard InChI is InChI=1S/C13H27N3O3S/c1-5-12(6-2)14-13(17)11-8-7-9-16(10-11)20(18,19)15(3)4/h11-12H,5-10H2,1-4H3,(H,14,17). The minimum atomic E-state index is -3.42. The van der Waals surface area contributed by atoms with Crippen molar-refractivity contribution in [1.29, 1.82) is 0 Å². The molecule has 20 heavy (non-hydrogen) atoms. The van der Waals surface area contributed by atoms with Crippen LogP contribution in [0, 0.1) is 5.92 Å². The van der Waals surface area contributed by atoms with Gasteiger partial charge in [0.1, 0.15) is 0 Å². The highest BCUT2D eigenvalue weighted by Gasteiger charge is 2.33. The summed E-state index contributed by atoms with van der Waals surface area (Å²) in [6.07, 6.45) is 3.28. The lowest BCUT2D eigenvalue weighted by atomic mass is 9.98.